The lowest BCUT2D eigenvalue weighted by atomic mass is 10.1. The second-order valence-corrected chi connectivity index (χ2v) is 5.09. The summed E-state index contributed by atoms with van der Waals surface area (Å²) < 4.78 is 0. The van der Waals surface area contributed by atoms with Crippen molar-refractivity contribution in [3.05, 3.63) is 69.2 Å². The molecule has 0 aliphatic rings. The van der Waals surface area contributed by atoms with Crippen LogP contribution in [0.4, 0.5) is 11.4 Å². The number of halogens is 1. The van der Waals surface area contributed by atoms with Crippen LogP contribution in [0.25, 0.3) is 0 Å². The molecule has 0 aliphatic heterocycles. The summed E-state index contributed by atoms with van der Waals surface area (Å²) in [5.41, 5.74) is 1.66. The van der Waals surface area contributed by atoms with Crippen molar-refractivity contribution in [1.29, 1.82) is 0 Å². The molecule has 0 aromatic heterocycles. The molecule has 0 spiro atoms. The summed E-state index contributed by atoms with van der Waals surface area (Å²) in [5, 5.41) is 14.6. The Bertz CT molecular complexity index is 602. The number of nitrogens with one attached hydrogen (secondary N) is 1. The van der Waals surface area contributed by atoms with Gasteiger partial charge in [0.15, 0.2) is 0 Å². The summed E-state index contributed by atoms with van der Waals surface area (Å²) in [4.78, 5) is 10.6. The molecule has 0 aliphatic carbocycles. The lowest BCUT2D eigenvalue weighted by Crippen LogP contribution is -2.18. The SMILES string of the molecule is CC(Cc1ccccc1)Nc1cc(Cl)ccc1[N+](=O)[O-]. The minimum Gasteiger partial charge on any atom is -0.377 e. The lowest BCUT2D eigenvalue weighted by molar-refractivity contribution is -0.384. The lowest BCUT2D eigenvalue weighted by Gasteiger charge is -2.15. The summed E-state index contributed by atoms with van der Waals surface area (Å²) in [6.45, 7) is 1.98. The van der Waals surface area contributed by atoms with E-state index in [0.717, 1.165) is 6.42 Å². The average Bonchev–Trinajstić information content (AvgIpc) is 2.39. The topological polar surface area (TPSA) is 55.2 Å². The van der Waals surface area contributed by atoms with Gasteiger partial charge < -0.3 is 5.32 Å². The number of hydrogen-bond acceptors (Lipinski definition) is 3. The highest BCUT2D eigenvalue weighted by Gasteiger charge is 2.15. The molecule has 4 nitrogen and oxygen atoms in total. The summed E-state index contributed by atoms with van der Waals surface area (Å²) >= 11 is 5.90. The van der Waals surface area contributed by atoms with Crippen LogP contribution in [0.2, 0.25) is 5.02 Å². The van der Waals surface area contributed by atoms with Crippen molar-refractivity contribution in [3.63, 3.8) is 0 Å². The first-order chi connectivity index (χ1) is 9.56. The maximum atomic E-state index is 11.0. The van der Waals surface area contributed by atoms with Gasteiger partial charge in [0.05, 0.1) is 4.92 Å². The van der Waals surface area contributed by atoms with E-state index >= 15 is 0 Å². The first-order valence-corrected chi connectivity index (χ1v) is 6.68. The van der Waals surface area contributed by atoms with Crippen LogP contribution in [0.1, 0.15) is 12.5 Å². The minimum atomic E-state index is -0.409. The largest absolute Gasteiger partial charge is 0.377 e. The maximum absolute atomic E-state index is 11.0. The van der Waals surface area contributed by atoms with Crippen molar-refractivity contribution < 1.29 is 4.92 Å². The Morgan fingerprint density at radius 3 is 2.60 bits per heavy atom. The molecule has 0 heterocycles. The molecule has 0 saturated carbocycles. The molecule has 1 atom stereocenters. The number of nitro benzene ring substituents is 1. The van der Waals surface area contributed by atoms with Crippen LogP contribution in [0.15, 0.2) is 48.5 Å². The van der Waals surface area contributed by atoms with Crippen LogP contribution < -0.4 is 5.32 Å². The van der Waals surface area contributed by atoms with Crippen LogP contribution in [-0.2, 0) is 6.42 Å². The molecule has 104 valence electrons. The summed E-state index contributed by atoms with van der Waals surface area (Å²) in [6.07, 6.45) is 0.782. The van der Waals surface area contributed by atoms with Gasteiger partial charge in [-0.2, -0.15) is 0 Å². The van der Waals surface area contributed by atoms with E-state index in [4.69, 9.17) is 11.6 Å². The second kappa shape index (κ2) is 6.39. The van der Waals surface area contributed by atoms with Crippen LogP contribution in [0.5, 0.6) is 0 Å². The predicted octanol–water partition coefficient (Wildman–Crippen LogP) is 4.29. The van der Waals surface area contributed by atoms with Crippen molar-refractivity contribution in [3.8, 4) is 0 Å². The van der Waals surface area contributed by atoms with Gasteiger partial charge in [0, 0.05) is 17.1 Å². The Labute approximate surface area is 122 Å². The van der Waals surface area contributed by atoms with Crippen molar-refractivity contribution in [1.82, 2.24) is 0 Å². The standard InChI is InChI=1S/C15H15ClN2O2/c1-11(9-12-5-3-2-4-6-12)17-14-10-13(16)7-8-15(14)18(19)20/h2-8,10-11,17H,9H2,1H3. The third kappa shape index (κ3) is 3.71. The molecule has 20 heavy (non-hydrogen) atoms. The average molecular weight is 291 g/mol. The normalized spacial score (nSPS) is 11.9. The third-order valence-electron chi connectivity index (χ3n) is 2.94. The Kier molecular flexibility index (Phi) is 4.58. The number of benzene rings is 2. The highest BCUT2D eigenvalue weighted by Crippen LogP contribution is 2.28. The molecule has 5 heteroatoms. The molecule has 2 aromatic rings. The van der Waals surface area contributed by atoms with Crippen molar-refractivity contribution >= 4 is 23.0 Å². The quantitative estimate of drug-likeness (QED) is 0.660. The first kappa shape index (κ1) is 14.3. The van der Waals surface area contributed by atoms with E-state index in [0.29, 0.717) is 10.7 Å². The van der Waals surface area contributed by atoms with E-state index in [1.807, 2.05) is 37.3 Å². The van der Waals surface area contributed by atoms with E-state index in [1.54, 1.807) is 6.07 Å². The van der Waals surface area contributed by atoms with Crippen molar-refractivity contribution in [2.24, 2.45) is 0 Å². The Morgan fingerprint density at radius 2 is 1.95 bits per heavy atom. The van der Waals surface area contributed by atoms with E-state index in [1.165, 1.54) is 17.7 Å². The van der Waals surface area contributed by atoms with Gasteiger partial charge in [-0.1, -0.05) is 41.9 Å². The number of nitrogens with zero attached hydrogens (tertiary/aromatic N) is 1. The summed E-state index contributed by atoms with van der Waals surface area (Å²) in [6, 6.07) is 14.6. The molecule has 0 bridgehead atoms. The highest BCUT2D eigenvalue weighted by molar-refractivity contribution is 6.31. The fourth-order valence-corrected chi connectivity index (χ4v) is 2.24. The van der Waals surface area contributed by atoms with Gasteiger partial charge in [-0.05, 0) is 31.0 Å². The van der Waals surface area contributed by atoms with Crippen molar-refractivity contribution in [2.75, 3.05) is 5.32 Å². The van der Waals surface area contributed by atoms with Gasteiger partial charge in [0.25, 0.3) is 5.69 Å². The first-order valence-electron chi connectivity index (χ1n) is 6.30. The van der Waals surface area contributed by atoms with E-state index in [-0.39, 0.29) is 11.7 Å². The molecule has 1 unspecified atom stereocenters. The zero-order valence-electron chi connectivity index (χ0n) is 11.0. The molecule has 0 saturated heterocycles. The van der Waals surface area contributed by atoms with E-state index in [2.05, 4.69) is 5.32 Å². The molecule has 0 amide bonds. The molecule has 0 fully saturated rings. The Hall–Kier alpha value is -2.07. The van der Waals surface area contributed by atoms with Crippen molar-refractivity contribution in [2.45, 2.75) is 19.4 Å². The Morgan fingerprint density at radius 1 is 1.25 bits per heavy atom. The van der Waals surface area contributed by atoms with Gasteiger partial charge in [0.2, 0.25) is 0 Å². The number of anilines is 1. The Balaban J connectivity index is 2.13. The van der Waals surface area contributed by atoms with Gasteiger partial charge in [-0.15, -0.1) is 0 Å². The molecule has 2 rings (SSSR count). The third-order valence-corrected chi connectivity index (χ3v) is 3.18. The number of nitro groups is 1. The number of hydrogen-bond donors (Lipinski definition) is 1. The second-order valence-electron chi connectivity index (χ2n) is 4.65. The summed E-state index contributed by atoms with van der Waals surface area (Å²) in [5.74, 6) is 0. The van der Waals surface area contributed by atoms with Crippen LogP contribution in [0.3, 0.4) is 0 Å². The van der Waals surface area contributed by atoms with Crippen LogP contribution in [0, 0.1) is 10.1 Å². The zero-order chi connectivity index (χ0) is 14.5. The van der Waals surface area contributed by atoms with Crippen LogP contribution in [-0.4, -0.2) is 11.0 Å². The maximum Gasteiger partial charge on any atom is 0.292 e. The minimum absolute atomic E-state index is 0.0364. The summed E-state index contributed by atoms with van der Waals surface area (Å²) in [7, 11) is 0. The van der Waals surface area contributed by atoms with Gasteiger partial charge in [-0.25, -0.2) is 0 Å². The molecular weight excluding hydrogens is 276 g/mol. The zero-order valence-corrected chi connectivity index (χ0v) is 11.8. The van der Waals surface area contributed by atoms with E-state index in [9.17, 15) is 10.1 Å². The monoisotopic (exact) mass is 290 g/mol. The van der Waals surface area contributed by atoms with Gasteiger partial charge in [-0.3, -0.25) is 10.1 Å². The highest BCUT2D eigenvalue weighted by atomic mass is 35.5. The van der Waals surface area contributed by atoms with Gasteiger partial charge >= 0.3 is 0 Å². The smallest absolute Gasteiger partial charge is 0.292 e. The van der Waals surface area contributed by atoms with Crippen LogP contribution >= 0.6 is 11.6 Å². The van der Waals surface area contributed by atoms with Gasteiger partial charge in [0.1, 0.15) is 5.69 Å². The molecule has 1 N–H and O–H groups in total. The fraction of sp³-hybridized carbons (Fsp3) is 0.200. The predicted molar refractivity (Wildman–Crippen MR) is 81.3 cm³/mol. The molecular formula is C15H15ClN2O2. The molecule has 0 radical (unpaired) electrons. The number of rotatable bonds is 5. The molecule has 2 aromatic carbocycles. The van der Waals surface area contributed by atoms with E-state index < -0.39 is 4.92 Å². The fourth-order valence-electron chi connectivity index (χ4n) is 2.07.